The predicted octanol–water partition coefficient (Wildman–Crippen LogP) is 4.32. The molecule has 20 heavy (non-hydrogen) atoms. The van der Waals surface area contributed by atoms with Crippen LogP contribution in [0.2, 0.25) is 0 Å². The third kappa shape index (κ3) is 2.31. The van der Waals surface area contributed by atoms with Gasteiger partial charge in [-0.2, -0.15) is 10.4 Å². The smallest absolute Gasteiger partial charge is 0.138 e. The van der Waals surface area contributed by atoms with E-state index in [0.29, 0.717) is 0 Å². The number of nitrogens with one attached hydrogen (secondary N) is 1. The van der Waals surface area contributed by atoms with E-state index in [1.807, 2.05) is 60.7 Å². The van der Waals surface area contributed by atoms with Crippen LogP contribution in [0.3, 0.4) is 0 Å². The molecule has 0 spiro atoms. The van der Waals surface area contributed by atoms with Crippen LogP contribution in [0.15, 0.2) is 65.6 Å². The molecule has 0 radical (unpaired) electrons. The van der Waals surface area contributed by atoms with Gasteiger partial charge in [0.1, 0.15) is 11.1 Å². The van der Waals surface area contributed by atoms with Crippen LogP contribution in [-0.4, -0.2) is 10.2 Å². The summed E-state index contributed by atoms with van der Waals surface area (Å²) in [6.45, 7) is 0. The van der Waals surface area contributed by atoms with Gasteiger partial charge in [0.05, 0.1) is 10.6 Å². The van der Waals surface area contributed by atoms with Crippen molar-refractivity contribution in [3.8, 4) is 27.9 Å². The second kappa shape index (κ2) is 5.64. The first-order valence-corrected chi connectivity index (χ1v) is 6.97. The topological polar surface area (TPSA) is 52.5 Å². The van der Waals surface area contributed by atoms with E-state index in [-0.39, 0.29) is 0 Å². The van der Waals surface area contributed by atoms with E-state index >= 15 is 0 Å². The van der Waals surface area contributed by atoms with Crippen LogP contribution in [-0.2, 0) is 0 Å². The Kier molecular flexibility index (Phi) is 3.53. The first kappa shape index (κ1) is 12.5. The summed E-state index contributed by atoms with van der Waals surface area (Å²) < 4.78 is 0. The van der Waals surface area contributed by atoms with Gasteiger partial charge in [0.15, 0.2) is 0 Å². The van der Waals surface area contributed by atoms with E-state index in [0.717, 1.165) is 39.2 Å². The summed E-state index contributed by atoms with van der Waals surface area (Å²) in [6, 6.07) is 19.8. The summed E-state index contributed by atoms with van der Waals surface area (Å²) in [5.41, 5.74) is 3.73. The molecule has 4 heteroatoms. The number of aromatic amines is 1. The number of thiocyanates is 1. The van der Waals surface area contributed by atoms with E-state index in [4.69, 9.17) is 5.26 Å². The Morgan fingerprint density at radius 2 is 1.50 bits per heavy atom. The highest BCUT2D eigenvalue weighted by Gasteiger charge is 2.16. The summed E-state index contributed by atoms with van der Waals surface area (Å²) in [4.78, 5) is 0.866. The zero-order chi connectivity index (χ0) is 13.8. The van der Waals surface area contributed by atoms with Gasteiger partial charge < -0.3 is 0 Å². The number of benzene rings is 2. The van der Waals surface area contributed by atoms with Crippen LogP contribution in [0.5, 0.6) is 0 Å². The number of hydrogen-bond acceptors (Lipinski definition) is 3. The van der Waals surface area contributed by atoms with E-state index < -0.39 is 0 Å². The fourth-order valence-electron chi connectivity index (χ4n) is 2.07. The van der Waals surface area contributed by atoms with E-state index in [1.54, 1.807) is 0 Å². The minimum Gasteiger partial charge on any atom is -0.276 e. The molecule has 3 rings (SSSR count). The SMILES string of the molecule is N#CSc1c(-c2ccccc2)n[nH]c1-c1ccccc1. The van der Waals surface area contributed by atoms with Gasteiger partial charge in [0.2, 0.25) is 0 Å². The maximum Gasteiger partial charge on any atom is 0.138 e. The molecule has 1 N–H and O–H groups in total. The predicted molar refractivity (Wildman–Crippen MR) is 80.9 cm³/mol. The van der Waals surface area contributed by atoms with Crippen molar-refractivity contribution in [3.63, 3.8) is 0 Å². The van der Waals surface area contributed by atoms with Gasteiger partial charge in [-0.25, -0.2) is 0 Å². The maximum absolute atomic E-state index is 9.05. The van der Waals surface area contributed by atoms with E-state index in [1.165, 1.54) is 0 Å². The van der Waals surface area contributed by atoms with E-state index in [9.17, 15) is 0 Å². The average Bonchev–Trinajstić information content (AvgIpc) is 2.93. The number of thioether (sulfide) groups is 1. The lowest BCUT2D eigenvalue weighted by molar-refractivity contribution is 1.10. The highest BCUT2D eigenvalue weighted by atomic mass is 32.2. The number of nitriles is 1. The van der Waals surface area contributed by atoms with Crippen molar-refractivity contribution in [3.05, 3.63) is 60.7 Å². The van der Waals surface area contributed by atoms with Gasteiger partial charge in [0, 0.05) is 11.1 Å². The number of nitrogens with zero attached hydrogens (tertiary/aromatic N) is 2. The second-order valence-electron chi connectivity index (χ2n) is 4.20. The molecule has 2 aromatic carbocycles. The van der Waals surface area contributed by atoms with Crippen LogP contribution in [0.1, 0.15) is 0 Å². The summed E-state index contributed by atoms with van der Waals surface area (Å²) in [7, 11) is 0. The maximum atomic E-state index is 9.05. The monoisotopic (exact) mass is 277 g/mol. The molecule has 0 atom stereocenters. The van der Waals surface area contributed by atoms with Crippen LogP contribution >= 0.6 is 11.8 Å². The van der Waals surface area contributed by atoms with Crippen LogP contribution < -0.4 is 0 Å². The number of H-pyrrole nitrogens is 1. The molecule has 1 aromatic heterocycles. The average molecular weight is 277 g/mol. The third-order valence-corrected chi connectivity index (χ3v) is 3.67. The number of hydrogen-bond donors (Lipinski definition) is 1. The Morgan fingerprint density at radius 1 is 0.900 bits per heavy atom. The van der Waals surface area contributed by atoms with Crippen LogP contribution in [0.4, 0.5) is 0 Å². The van der Waals surface area contributed by atoms with Crippen LogP contribution in [0, 0.1) is 10.7 Å². The fourth-order valence-corrected chi connectivity index (χ4v) is 2.69. The summed E-state index contributed by atoms with van der Waals surface area (Å²) in [5.74, 6) is 0. The van der Waals surface area contributed by atoms with E-state index in [2.05, 4.69) is 15.6 Å². The minimum atomic E-state index is 0.816. The Morgan fingerprint density at radius 3 is 2.10 bits per heavy atom. The Bertz CT molecular complexity index is 685. The number of rotatable bonds is 3. The highest BCUT2D eigenvalue weighted by Crippen LogP contribution is 2.36. The standard InChI is InChI=1S/C16H11N3S/c17-11-20-16-14(12-7-3-1-4-8-12)18-19-15(16)13-9-5-2-6-10-13/h1-10H,(H,18,19). The van der Waals surface area contributed by atoms with Gasteiger partial charge in [-0.15, -0.1) is 0 Å². The summed E-state index contributed by atoms with van der Waals surface area (Å²) in [5, 5.41) is 18.6. The van der Waals surface area contributed by atoms with Crippen molar-refractivity contribution in [2.75, 3.05) is 0 Å². The lowest BCUT2D eigenvalue weighted by Gasteiger charge is -2.01. The molecule has 0 saturated heterocycles. The highest BCUT2D eigenvalue weighted by molar-refractivity contribution is 8.04. The molecule has 0 saturated carbocycles. The van der Waals surface area contributed by atoms with Gasteiger partial charge in [-0.1, -0.05) is 60.7 Å². The first-order chi connectivity index (χ1) is 9.90. The molecule has 0 unspecified atom stereocenters. The quantitative estimate of drug-likeness (QED) is 0.573. The molecular weight excluding hydrogens is 266 g/mol. The minimum absolute atomic E-state index is 0.816. The molecule has 0 amide bonds. The molecule has 3 aromatic rings. The molecule has 96 valence electrons. The zero-order valence-electron chi connectivity index (χ0n) is 10.6. The van der Waals surface area contributed by atoms with Crippen LogP contribution in [0.25, 0.3) is 22.5 Å². The first-order valence-electron chi connectivity index (χ1n) is 6.15. The number of aromatic nitrogens is 2. The molecule has 3 nitrogen and oxygen atoms in total. The second-order valence-corrected chi connectivity index (χ2v) is 5.00. The molecule has 0 aliphatic carbocycles. The molecule has 0 aliphatic rings. The summed E-state index contributed by atoms with van der Waals surface area (Å²) in [6.07, 6.45) is 0. The van der Waals surface area contributed by atoms with Crippen molar-refractivity contribution in [1.29, 1.82) is 5.26 Å². The van der Waals surface area contributed by atoms with Gasteiger partial charge in [-0.05, 0) is 11.8 Å². The lowest BCUT2D eigenvalue weighted by atomic mass is 10.1. The summed E-state index contributed by atoms with van der Waals surface area (Å²) >= 11 is 1.14. The van der Waals surface area contributed by atoms with Gasteiger partial charge >= 0.3 is 0 Å². The van der Waals surface area contributed by atoms with Gasteiger partial charge in [-0.3, -0.25) is 5.10 Å². The molecular formula is C16H11N3S. The Hall–Kier alpha value is -2.51. The fraction of sp³-hybridized carbons (Fsp3) is 0. The van der Waals surface area contributed by atoms with Crippen molar-refractivity contribution in [2.24, 2.45) is 0 Å². The molecule has 0 bridgehead atoms. The van der Waals surface area contributed by atoms with Gasteiger partial charge in [0.25, 0.3) is 0 Å². The Labute approximate surface area is 121 Å². The lowest BCUT2D eigenvalue weighted by Crippen LogP contribution is -1.80. The molecule has 1 heterocycles. The Balaban J connectivity index is 2.15. The van der Waals surface area contributed by atoms with Crippen molar-refractivity contribution < 1.29 is 0 Å². The largest absolute Gasteiger partial charge is 0.276 e. The van der Waals surface area contributed by atoms with Crippen molar-refractivity contribution >= 4 is 11.8 Å². The molecule has 0 aliphatic heterocycles. The molecule has 0 fully saturated rings. The van der Waals surface area contributed by atoms with Crippen molar-refractivity contribution in [1.82, 2.24) is 10.2 Å². The zero-order valence-corrected chi connectivity index (χ0v) is 11.4. The van der Waals surface area contributed by atoms with Crippen molar-refractivity contribution in [2.45, 2.75) is 4.90 Å². The third-order valence-electron chi connectivity index (χ3n) is 2.98. The normalized spacial score (nSPS) is 10.2.